The van der Waals surface area contributed by atoms with Crippen LogP contribution in [-0.2, 0) is 22.7 Å². The van der Waals surface area contributed by atoms with E-state index in [0.29, 0.717) is 37.4 Å². The lowest BCUT2D eigenvalue weighted by molar-refractivity contribution is -0.189. The fraction of sp³-hybridized carbons (Fsp3) is 0.393. The number of hydrogen-bond donors (Lipinski definition) is 1. The number of nitrogens with zero attached hydrogens (tertiary/aromatic N) is 4. The molecule has 2 aromatic rings. The molecule has 4 amide bonds. The Kier molecular flexibility index (Phi) is 7.38. The average Bonchev–Trinajstić information content (AvgIpc) is 3.38. The van der Waals surface area contributed by atoms with E-state index in [1.165, 1.54) is 5.01 Å². The van der Waals surface area contributed by atoms with Crippen molar-refractivity contribution < 1.29 is 23.9 Å². The molecule has 198 valence electrons. The van der Waals surface area contributed by atoms with Gasteiger partial charge in [-0.3, -0.25) is 9.59 Å². The normalized spacial score (nSPS) is 20.8. The summed E-state index contributed by atoms with van der Waals surface area (Å²) in [4.78, 5) is 43.9. The zero-order valence-electron chi connectivity index (χ0n) is 21.3. The molecule has 1 N–H and O–H groups in total. The highest BCUT2D eigenvalue weighted by atomic mass is 16.7. The number of carbonyl (C=O) groups excluding carboxylic acids is 3. The number of carbonyl (C=O) groups is 3. The molecular formula is C28H31N5O5. The predicted octanol–water partition coefficient (Wildman–Crippen LogP) is 2.16. The van der Waals surface area contributed by atoms with Crippen molar-refractivity contribution in [2.45, 2.75) is 45.1 Å². The van der Waals surface area contributed by atoms with Crippen LogP contribution in [0.5, 0.6) is 11.5 Å². The van der Waals surface area contributed by atoms with Crippen LogP contribution in [0.2, 0.25) is 0 Å². The summed E-state index contributed by atoms with van der Waals surface area (Å²) in [6, 6.07) is 14.1. The van der Waals surface area contributed by atoms with Crippen LogP contribution in [0.25, 0.3) is 0 Å². The van der Waals surface area contributed by atoms with Gasteiger partial charge in [0.15, 0.2) is 11.5 Å². The molecular weight excluding hydrogens is 486 g/mol. The molecule has 2 atom stereocenters. The third-order valence-corrected chi connectivity index (χ3v) is 6.97. The topological polar surface area (TPSA) is 94.7 Å². The van der Waals surface area contributed by atoms with E-state index < -0.39 is 12.2 Å². The van der Waals surface area contributed by atoms with Crippen LogP contribution in [0, 0.1) is 12.3 Å². The van der Waals surface area contributed by atoms with Gasteiger partial charge >= 0.3 is 6.03 Å². The number of piperazine rings is 1. The Morgan fingerprint density at radius 1 is 1.11 bits per heavy atom. The molecule has 5 rings (SSSR count). The molecule has 10 nitrogen and oxygen atoms in total. The molecule has 0 saturated carbocycles. The average molecular weight is 518 g/mol. The predicted molar refractivity (Wildman–Crippen MR) is 138 cm³/mol. The first kappa shape index (κ1) is 25.4. The zero-order chi connectivity index (χ0) is 26.6. The summed E-state index contributed by atoms with van der Waals surface area (Å²) in [6.07, 6.45) is 6.12. The SMILES string of the molecule is C#CCN1CC(=O)N2[C@@H](CCC)C(=O)N(Cc3ccc4c(c3)OCO4)C[C@@H]2N1C(=O)NCc1ccccc1. The first-order chi connectivity index (χ1) is 18.5. The van der Waals surface area contributed by atoms with Crippen LogP contribution in [0.3, 0.4) is 0 Å². The van der Waals surface area contributed by atoms with Gasteiger partial charge in [0, 0.05) is 13.1 Å². The van der Waals surface area contributed by atoms with Gasteiger partial charge in [-0.25, -0.2) is 9.80 Å². The lowest BCUT2D eigenvalue weighted by Gasteiger charge is -2.55. The van der Waals surface area contributed by atoms with Crippen molar-refractivity contribution in [3.63, 3.8) is 0 Å². The number of benzene rings is 2. The summed E-state index contributed by atoms with van der Waals surface area (Å²) in [5, 5.41) is 6.07. The van der Waals surface area contributed by atoms with Crippen LogP contribution in [0.4, 0.5) is 4.79 Å². The highest BCUT2D eigenvalue weighted by Gasteiger charge is 2.51. The standard InChI is InChI=1S/C28H31N5O5/c1-3-8-22-27(35)30(16-21-11-12-23-24(14-21)38-19-37-23)17-25-32(22)26(34)18-31(13-4-2)33(25)28(36)29-15-20-9-6-5-7-10-20/h2,5-7,9-12,14,22,25H,3,8,13,15-19H2,1H3,(H,29,36)/t22-,25-/m0/s1. The second kappa shape index (κ2) is 11.0. The van der Waals surface area contributed by atoms with Gasteiger partial charge in [-0.2, -0.15) is 5.01 Å². The Bertz CT molecular complexity index is 1250. The van der Waals surface area contributed by atoms with Crippen molar-refractivity contribution in [2.75, 3.05) is 26.4 Å². The molecule has 0 bridgehead atoms. The lowest BCUT2D eigenvalue weighted by Crippen LogP contribution is -2.76. The minimum Gasteiger partial charge on any atom is -0.454 e. The van der Waals surface area contributed by atoms with Gasteiger partial charge in [0.25, 0.3) is 0 Å². The van der Waals surface area contributed by atoms with E-state index in [4.69, 9.17) is 15.9 Å². The molecule has 3 aliphatic heterocycles. The van der Waals surface area contributed by atoms with Gasteiger partial charge in [-0.1, -0.05) is 55.7 Å². The minimum atomic E-state index is -0.691. The van der Waals surface area contributed by atoms with Crippen molar-refractivity contribution in [1.82, 2.24) is 25.1 Å². The van der Waals surface area contributed by atoms with Gasteiger partial charge < -0.3 is 24.6 Å². The molecule has 10 heteroatoms. The largest absolute Gasteiger partial charge is 0.454 e. The number of rotatable bonds is 7. The van der Waals surface area contributed by atoms with Crippen molar-refractivity contribution in [2.24, 2.45) is 0 Å². The van der Waals surface area contributed by atoms with E-state index in [0.717, 1.165) is 11.1 Å². The van der Waals surface area contributed by atoms with E-state index in [2.05, 4.69) is 11.2 Å². The Morgan fingerprint density at radius 2 is 1.89 bits per heavy atom. The molecule has 0 radical (unpaired) electrons. The van der Waals surface area contributed by atoms with Crippen molar-refractivity contribution in [3.05, 3.63) is 59.7 Å². The molecule has 3 heterocycles. The van der Waals surface area contributed by atoms with E-state index in [9.17, 15) is 14.4 Å². The van der Waals surface area contributed by atoms with Gasteiger partial charge in [-0.15, -0.1) is 6.42 Å². The maximum Gasteiger partial charge on any atom is 0.334 e. The molecule has 2 aromatic carbocycles. The van der Waals surface area contributed by atoms with Crippen LogP contribution in [0.15, 0.2) is 48.5 Å². The highest BCUT2D eigenvalue weighted by molar-refractivity contribution is 5.91. The quantitative estimate of drug-likeness (QED) is 0.566. The smallest absolute Gasteiger partial charge is 0.334 e. The van der Waals surface area contributed by atoms with Crippen molar-refractivity contribution >= 4 is 17.8 Å². The maximum absolute atomic E-state index is 13.7. The maximum atomic E-state index is 13.7. The second-order valence-corrected chi connectivity index (χ2v) is 9.51. The van der Waals surface area contributed by atoms with Gasteiger partial charge in [0.1, 0.15) is 12.2 Å². The third-order valence-electron chi connectivity index (χ3n) is 6.97. The molecule has 2 saturated heterocycles. The monoisotopic (exact) mass is 517 g/mol. The van der Waals surface area contributed by atoms with Crippen LogP contribution >= 0.6 is 0 Å². The fourth-order valence-electron chi connectivity index (χ4n) is 5.24. The molecule has 0 aromatic heterocycles. The molecule has 0 aliphatic carbocycles. The number of fused-ring (bicyclic) bond motifs is 2. The number of hydrazine groups is 1. The molecule has 3 aliphatic rings. The molecule has 0 spiro atoms. The van der Waals surface area contributed by atoms with Crippen LogP contribution < -0.4 is 14.8 Å². The lowest BCUT2D eigenvalue weighted by atomic mass is 10.0. The fourth-order valence-corrected chi connectivity index (χ4v) is 5.24. The number of terminal acetylenes is 1. The molecule has 38 heavy (non-hydrogen) atoms. The summed E-state index contributed by atoms with van der Waals surface area (Å²) in [6.45, 7) is 2.93. The Balaban J connectivity index is 1.43. The summed E-state index contributed by atoms with van der Waals surface area (Å²) in [5.74, 6) is 3.51. The second-order valence-electron chi connectivity index (χ2n) is 9.51. The Labute approximate surface area is 222 Å². The van der Waals surface area contributed by atoms with Gasteiger partial charge in [0.05, 0.1) is 19.6 Å². The van der Waals surface area contributed by atoms with Crippen molar-refractivity contribution in [1.29, 1.82) is 0 Å². The molecule has 0 unspecified atom stereocenters. The zero-order valence-corrected chi connectivity index (χ0v) is 21.3. The minimum absolute atomic E-state index is 0.0743. The first-order valence-electron chi connectivity index (χ1n) is 12.8. The Hall–Kier alpha value is -4.23. The summed E-state index contributed by atoms with van der Waals surface area (Å²) >= 11 is 0. The van der Waals surface area contributed by atoms with E-state index >= 15 is 0 Å². The van der Waals surface area contributed by atoms with E-state index in [-0.39, 0.29) is 44.3 Å². The molecule has 2 fully saturated rings. The van der Waals surface area contributed by atoms with E-state index in [1.54, 1.807) is 14.8 Å². The number of ether oxygens (including phenoxy) is 2. The summed E-state index contributed by atoms with van der Waals surface area (Å²) in [7, 11) is 0. The summed E-state index contributed by atoms with van der Waals surface area (Å²) in [5.41, 5.74) is 1.82. The third kappa shape index (κ3) is 4.97. The Morgan fingerprint density at radius 3 is 2.66 bits per heavy atom. The first-order valence-corrected chi connectivity index (χ1v) is 12.8. The summed E-state index contributed by atoms with van der Waals surface area (Å²) < 4.78 is 10.9. The highest BCUT2D eigenvalue weighted by Crippen LogP contribution is 2.34. The van der Waals surface area contributed by atoms with Crippen molar-refractivity contribution in [3.8, 4) is 23.8 Å². The number of amides is 4. The number of nitrogens with one attached hydrogen (secondary N) is 1. The van der Waals surface area contributed by atoms with E-state index in [1.807, 2.05) is 55.5 Å². The number of hydrogen-bond acceptors (Lipinski definition) is 6. The van der Waals surface area contributed by atoms with Gasteiger partial charge in [0.2, 0.25) is 18.6 Å². The van der Waals surface area contributed by atoms with Crippen LogP contribution in [0.1, 0.15) is 30.9 Å². The van der Waals surface area contributed by atoms with Crippen LogP contribution in [-0.4, -0.2) is 76.3 Å². The number of urea groups is 1. The van der Waals surface area contributed by atoms with Gasteiger partial charge in [-0.05, 0) is 29.7 Å².